The predicted molar refractivity (Wildman–Crippen MR) is 98.4 cm³/mol. The molecule has 2 N–H and O–H groups in total. The van der Waals surface area contributed by atoms with Crippen LogP contribution in [0, 0.1) is 32.1 Å². The summed E-state index contributed by atoms with van der Waals surface area (Å²) in [5.41, 5.74) is 14.2. The van der Waals surface area contributed by atoms with Crippen LogP contribution in [-0.2, 0) is 12.8 Å². The van der Waals surface area contributed by atoms with Crippen molar-refractivity contribution in [2.24, 2.45) is 0 Å². The second kappa shape index (κ2) is 5.25. The molecule has 2 heterocycles. The van der Waals surface area contributed by atoms with E-state index in [0.717, 1.165) is 52.1 Å². The Morgan fingerprint density at radius 1 is 1.24 bits per heavy atom. The van der Waals surface area contributed by atoms with Gasteiger partial charge < -0.3 is 10.5 Å². The molecule has 0 saturated heterocycles. The first-order valence-electron chi connectivity index (χ1n) is 8.35. The summed E-state index contributed by atoms with van der Waals surface area (Å²) in [5, 5.41) is 10.5. The van der Waals surface area contributed by atoms with Gasteiger partial charge >= 0.3 is 0 Å². The lowest BCUT2D eigenvalue weighted by Crippen LogP contribution is -2.17. The summed E-state index contributed by atoms with van der Waals surface area (Å²) in [6, 6.07) is 6.37. The van der Waals surface area contributed by atoms with E-state index in [1.54, 1.807) is 7.11 Å². The molecule has 1 aliphatic rings. The normalized spacial score (nSPS) is 12.6. The molecule has 0 atom stereocenters. The Kier molecular flexibility index (Phi) is 3.26. The van der Waals surface area contributed by atoms with Crippen LogP contribution < -0.4 is 10.5 Å². The van der Waals surface area contributed by atoms with E-state index in [0.29, 0.717) is 11.4 Å². The van der Waals surface area contributed by atoms with Crippen LogP contribution in [0.4, 0.5) is 5.82 Å². The number of nitrogens with zero attached hydrogens (tertiary/aromatic N) is 3. The van der Waals surface area contributed by atoms with E-state index < -0.39 is 0 Å². The van der Waals surface area contributed by atoms with Crippen LogP contribution in [0.25, 0.3) is 16.7 Å². The van der Waals surface area contributed by atoms with Crippen LogP contribution in [0.15, 0.2) is 12.1 Å². The highest BCUT2D eigenvalue weighted by Gasteiger charge is 2.27. The molecule has 1 aliphatic carbocycles. The Morgan fingerprint density at radius 3 is 2.60 bits per heavy atom. The highest BCUT2D eigenvalue weighted by Crippen LogP contribution is 2.41. The number of hydrogen-bond acceptors (Lipinski definition) is 4. The molecule has 0 radical (unpaired) electrons. The van der Waals surface area contributed by atoms with Gasteiger partial charge in [-0.2, -0.15) is 5.26 Å². The maximum absolute atomic E-state index is 9.65. The highest BCUT2D eigenvalue weighted by molar-refractivity contribution is 5.92. The fourth-order valence-corrected chi connectivity index (χ4v) is 3.70. The largest absolute Gasteiger partial charge is 0.496 e. The van der Waals surface area contributed by atoms with E-state index in [2.05, 4.69) is 12.1 Å². The molecule has 2 aromatic heterocycles. The van der Waals surface area contributed by atoms with Gasteiger partial charge in [0.1, 0.15) is 28.8 Å². The molecule has 0 bridgehead atoms. The van der Waals surface area contributed by atoms with Crippen molar-refractivity contribution in [2.75, 3.05) is 12.8 Å². The summed E-state index contributed by atoms with van der Waals surface area (Å²) in [6.45, 7) is 6.01. The molecule has 0 amide bonds. The number of nitriles is 1. The van der Waals surface area contributed by atoms with Crippen LogP contribution in [0.3, 0.4) is 0 Å². The summed E-state index contributed by atoms with van der Waals surface area (Å²) < 4.78 is 7.51. The van der Waals surface area contributed by atoms with E-state index in [1.165, 1.54) is 11.1 Å². The SMILES string of the molecule is COc1cc2c(c(-n3c(N)c(C#N)c4cc(C)c(C)nc43)c1C)CC2. The van der Waals surface area contributed by atoms with Crippen molar-refractivity contribution < 1.29 is 4.74 Å². The number of aryl methyl sites for hydroxylation is 3. The van der Waals surface area contributed by atoms with Crippen molar-refractivity contribution in [2.45, 2.75) is 33.6 Å². The van der Waals surface area contributed by atoms with Gasteiger partial charge in [-0.15, -0.1) is 0 Å². The number of nitrogen functional groups attached to an aromatic ring is 1. The Labute approximate surface area is 146 Å². The zero-order valence-electron chi connectivity index (χ0n) is 14.9. The topological polar surface area (TPSA) is 76.9 Å². The molecule has 5 heteroatoms. The maximum atomic E-state index is 9.65. The number of anilines is 1. The maximum Gasteiger partial charge on any atom is 0.147 e. The lowest BCUT2D eigenvalue weighted by atomic mass is 9.84. The van der Waals surface area contributed by atoms with Gasteiger partial charge in [0.05, 0.1) is 12.8 Å². The molecular weight excluding hydrogens is 312 g/mol. The average Bonchev–Trinajstić information content (AvgIpc) is 2.82. The molecule has 0 fully saturated rings. The molecular formula is C20H20N4O. The number of hydrogen-bond donors (Lipinski definition) is 1. The van der Waals surface area contributed by atoms with Crippen LogP contribution in [0.5, 0.6) is 5.75 Å². The number of ether oxygens (including phenoxy) is 1. The van der Waals surface area contributed by atoms with E-state index in [4.69, 9.17) is 15.5 Å². The number of nitrogens with two attached hydrogens (primary N) is 1. The summed E-state index contributed by atoms with van der Waals surface area (Å²) in [4.78, 5) is 4.76. The molecule has 0 unspecified atom stereocenters. The van der Waals surface area contributed by atoms with E-state index >= 15 is 0 Å². The van der Waals surface area contributed by atoms with Gasteiger partial charge in [0.2, 0.25) is 0 Å². The lowest BCUT2D eigenvalue weighted by molar-refractivity contribution is 0.410. The van der Waals surface area contributed by atoms with Crippen LogP contribution >= 0.6 is 0 Å². The van der Waals surface area contributed by atoms with Crippen molar-refractivity contribution in [1.29, 1.82) is 5.26 Å². The third-order valence-electron chi connectivity index (χ3n) is 5.33. The first-order chi connectivity index (χ1) is 12.0. The Hall–Kier alpha value is -3.00. The zero-order chi connectivity index (χ0) is 17.9. The molecule has 5 nitrogen and oxygen atoms in total. The lowest BCUT2D eigenvalue weighted by Gasteiger charge is -2.27. The fourth-order valence-electron chi connectivity index (χ4n) is 3.70. The predicted octanol–water partition coefficient (Wildman–Crippen LogP) is 3.51. The number of fused-ring (bicyclic) bond motifs is 2. The van der Waals surface area contributed by atoms with Crippen molar-refractivity contribution in [3.8, 4) is 17.5 Å². The van der Waals surface area contributed by atoms with E-state index in [-0.39, 0.29) is 0 Å². The first-order valence-corrected chi connectivity index (χ1v) is 8.35. The van der Waals surface area contributed by atoms with Crippen molar-refractivity contribution >= 4 is 16.9 Å². The second-order valence-electron chi connectivity index (χ2n) is 6.66. The monoisotopic (exact) mass is 332 g/mol. The van der Waals surface area contributed by atoms with Crippen molar-refractivity contribution in [1.82, 2.24) is 9.55 Å². The highest BCUT2D eigenvalue weighted by atomic mass is 16.5. The van der Waals surface area contributed by atoms with Crippen molar-refractivity contribution in [3.05, 3.63) is 45.6 Å². The van der Waals surface area contributed by atoms with Gasteiger partial charge in [-0.25, -0.2) is 4.98 Å². The standard InChI is InChI=1S/C20H20N4O/c1-10-7-15-16(9-21)19(22)24(20(15)23-12(10)3)18-11(2)17(25-4)8-13-5-6-14(13)18/h7-8H,5-6,22H2,1-4H3. The van der Waals surface area contributed by atoms with Gasteiger partial charge in [0.25, 0.3) is 0 Å². The first kappa shape index (κ1) is 15.5. The summed E-state index contributed by atoms with van der Waals surface area (Å²) in [6.07, 6.45) is 2.04. The Bertz CT molecular complexity index is 1090. The van der Waals surface area contributed by atoms with E-state index in [1.807, 2.05) is 31.4 Å². The molecule has 4 rings (SSSR count). The van der Waals surface area contributed by atoms with Gasteiger partial charge in [-0.3, -0.25) is 4.57 Å². The fraction of sp³-hybridized carbons (Fsp3) is 0.300. The summed E-state index contributed by atoms with van der Waals surface area (Å²) >= 11 is 0. The minimum Gasteiger partial charge on any atom is -0.496 e. The van der Waals surface area contributed by atoms with Gasteiger partial charge in [-0.05, 0) is 62.4 Å². The molecule has 3 aromatic rings. The number of benzene rings is 1. The number of aromatic nitrogens is 2. The van der Waals surface area contributed by atoms with Gasteiger partial charge in [0.15, 0.2) is 0 Å². The molecule has 0 aliphatic heterocycles. The number of pyridine rings is 1. The molecule has 1 aromatic carbocycles. The molecule has 0 saturated carbocycles. The minimum atomic E-state index is 0.445. The minimum absolute atomic E-state index is 0.445. The summed E-state index contributed by atoms with van der Waals surface area (Å²) in [5.74, 6) is 1.29. The Morgan fingerprint density at radius 2 is 2.00 bits per heavy atom. The van der Waals surface area contributed by atoms with Gasteiger partial charge in [-0.1, -0.05) is 0 Å². The van der Waals surface area contributed by atoms with Crippen LogP contribution in [0.2, 0.25) is 0 Å². The van der Waals surface area contributed by atoms with Crippen LogP contribution in [-0.4, -0.2) is 16.7 Å². The second-order valence-corrected chi connectivity index (χ2v) is 6.66. The zero-order valence-corrected chi connectivity index (χ0v) is 14.9. The third-order valence-corrected chi connectivity index (χ3v) is 5.33. The molecule has 25 heavy (non-hydrogen) atoms. The third kappa shape index (κ3) is 1.97. The van der Waals surface area contributed by atoms with Crippen molar-refractivity contribution in [3.63, 3.8) is 0 Å². The quantitative estimate of drug-likeness (QED) is 0.779. The molecule has 126 valence electrons. The number of rotatable bonds is 2. The van der Waals surface area contributed by atoms with Gasteiger partial charge in [0, 0.05) is 16.6 Å². The Balaban J connectivity index is 2.17. The van der Waals surface area contributed by atoms with Crippen LogP contribution in [0.1, 0.15) is 33.5 Å². The summed E-state index contributed by atoms with van der Waals surface area (Å²) in [7, 11) is 1.68. The smallest absolute Gasteiger partial charge is 0.147 e. The van der Waals surface area contributed by atoms with E-state index in [9.17, 15) is 5.26 Å². The number of methoxy groups -OCH3 is 1. The molecule has 0 spiro atoms. The average molecular weight is 332 g/mol.